The van der Waals surface area contributed by atoms with E-state index in [-0.39, 0.29) is 0 Å². The normalized spacial score (nSPS) is 27.6. The maximum Gasteiger partial charge on any atom is 0.338 e. The van der Waals surface area contributed by atoms with Crippen molar-refractivity contribution >= 4 is 11.9 Å². The zero-order valence-electron chi connectivity index (χ0n) is 11.4. The van der Waals surface area contributed by atoms with Crippen molar-refractivity contribution in [3.8, 4) is 0 Å². The predicted octanol–water partition coefficient (Wildman–Crippen LogP) is -0.795. The second kappa shape index (κ2) is 7.98. The van der Waals surface area contributed by atoms with Gasteiger partial charge in [0, 0.05) is 0 Å². The number of hydrogen-bond acceptors (Lipinski definition) is 6. The molecule has 1 fully saturated rings. The van der Waals surface area contributed by atoms with Crippen molar-refractivity contribution in [1.29, 1.82) is 0 Å². The van der Waals surface area contributed by atoms with Crippen molar-refractivity contribution in [1.82, 2.24) is 5.32 Å². The summed E-state index contributed by atoms with van der Waals surface area (Å²) in [5, 5.41) is 30.6. The van der Waals surface area contributed by atoms with E-state index >= 15 is 0 Å². The van der Waals surface area contributed by atoms with Crippen molar-refractivity contribution in [3.05, 3.63) is 12.3 Å². The fourth-order valence-corrected chi connectivity index (χ4v) is 1.82. The van der Waals surface area contributed by atoms with E-state index in [1.54, 1.807) is 6.08 Å². The van der Waals surface area contributed by atoms with Gasteiger partial charge in [0.1, 0.15) is 6.10 Å². The average molecular weight is 287 g/mol. The summed E-state index contributed by atoms with van der Waals surface area (Å²) in [5.74, 6) is -1.85. The maximum atomic E-state index is 11.6. The number of ether oxygens (including phenoxy) is 1. The molecule has 4 N–H and O–H groups in total. The number of cyclic esters (lactones) is 1. The highest BCUT2D eigenvalue weighted by Crippen LogP contribution is 2.19. The third-order valence-corrected chi connectivity index (χ3v) is 3.05. The molecule has 7 nitrogen and oxygen atoms in total. The highest BCUT2D eigenvalue weighted by atomic mass is 16.6. The second-order valence-corrected chi connectivity index (χ2v) is 4.69. The number of amides is 1. The van der Waals surface area contributed by atoms with Crippen LogP contribution in [0.5, 0.6) is 0 Å². The van der Waals surface area contributed by atoms with Crippen molar-refractivity contribution in [2.45, 2.75) is 57.0 Å². The number of allylic oxidation sites excluding steroid dienone is 1. The summed E-state index contributed by atoms with van der Waals surface area (Å²) in [7, 11) is 0. The molecule has 1 amide bonds. The molecule has 4 atom stereocenters. The monoisotopic (exact) mass is 287 g/mol. The lowest BCUT2D eigenvalue weighted by Gasteiger charge is -2.18. The van der Waals surface area contributed by atoms with E-state index in [0.29, 0.717) is 0 Å². The van der Waals surface area contributed by atoms with Crippen molar-refractivity contribution in [3.63, 3.8) is 0 Å². The van der Waals surface area contributed by atoms with E-state index in [1.807, 2.05) is 0 Å². The first-order valence-corrected chi connectivity index (χ1v) is 6.69. The molecular weight excluding hydrogens is 266 g/mol. The molecule has 20 heavy (non-hydrogen) atoms. The van der Waals surface area contributed by atoms with Crippen molar-refractivity contribution in [2.75, 3.05) is 0 Å². The van der Waals surface area contributed by atoms with E-state index in [2.05, 4.69) is 17.0 Å². The molecule has 0 aromatic carbocycles. The van der Waals surface area contributed by atoms with Gasteiger partial charge >= 0.3 is 5.97 Å². The van der Waals surface area contributed by atoms with Crippen LogP contribution in [0.25, 0.3) is 0 Å². The molecular formula is C13H21NO6. The van der Waals surface area contributed by atoms with Gasteiger partial charge in [0.15, 0.2) is 18.3 Å². The van der Waals surface area contributed by atoms with E-state index in [9.17, 15) is 24.9 Å². The molecule has 114 valence electrons. The fraction of sp³-hybridized carbons (Fsp3) is 0.692. The lowest BCUT2D eigenvalue weighted by Crippen LogP contribution is -2.46. The van der Waals surface area contributed by atoms with Gasteiger partial charge < -0.3 is 25.4 Å². The third kappa shape index (κ3) is 4.29. The standard InChI is InChI=1S/C13H21NO6/c1-2-3-4-5-6-7-14-12(18)10(17)11-8(15)9(16)13(19)20-11/h6-11,15-17H,2-5H2,1H3,(H,14,18)/t8-,9+,10-,11+/m1/s1. The van der Waals surface area contributed by atoms with Crippen LogP contribution in [0.2, 0.25) is 0 Å². The highest BCUT2D eigenvalue weighted by Gasteiger charge is 2.48. The van der Waals surface area contributed by atoms with Gasteiger partial charge in [0.2, 0.25) is 0 Å². The molecule has 1 aliphatic heterocycles. The SMILES string of the molecule is CCCCCC=CNC(=O)[C@H](O)[C@H]1OC(=O)[C@@H](O)[C@H]1O. The Morgan fingerprint density at radius 1 is 1.45 bits per heavy atom. The molecule has 1 saturated heterocycles. The number of aliphatic hydroxyl groups excluding tert-OH is 3. The maximum absolute atomic E-state index is 11.6. The summed E-state index contributed by atoms with van der Waals surface area (Å²) in [6.45, 7) is 2.09. The molecule has 0 radical (unpaired) electrons. The summed E-state index contributed by atoms with van der Waals surface area (Å²) >= 11 is 0. The van der Waals surface area contributed by atoms with Crippen LogP contribution in [0.1, 0.15) is 32.6 Å². The van der Waals surface area contributed by atoms with Crippen LogP contribution >= 0.6 is 0 Å². The first-order valence-electron chi connectivity index (χ1n) is 6.69. The Kier molecular flexibility index (Phi) is 6.63. The summed E-state index contributed by atoms with van der Waals surface area (Å²) in [6, 6.07) is 0. The molecule has 0 unspecified atom stereocenters. The largest absolute Gasteiger partial charge is 0.454 e. The molecule has 1 heterocycles. The van der Waals surface area contributed by atoms with Gasteiger partial charge in [0.25, 0.3) is 5.91 Å². The summed E-state index contributed by atoms with van der Waals surface area (Å²) in [6.07, 6.45) is 0.657. The Morgan fingerprint density at radius 2 is 2.15 bits per heavy atom. The zero-order chi connectivity index (χ0) is 15.1. The Bertz CT molecular complexity index is 370. The fourth-order valence-electron chi connectivity index (χ4n) is 1.82. The van der Waals surface area contributed by atoms with Crippen LogP contribution in [-0.2, 0) is 14.3 Å². The lowest BCUT2D eigenvalue weighted by atomic mass is 10.1. The minimum Gasteiger partial charge on any atom is -0.454 e. The minimum atomic E-state index is -1.73. The number of nitrogens with one attached hydrogen (secondary N) is 1. The Balaban J connectivity index is 2.38. The van der Waals surface area contributed by atoms with Gasteiger partial charge in [-0.15, -0.1) is 0 Å². The first-order chi connectivity index (χ1) is 9.49. The Hall–Kier alpha value is -1.44. The van der Waals surface area contributed by atoms with Crippen molar-refractivity contribution in [2.24, 2.45) is 0 Å². The average Bonchev–Trinajstić information content (AvgIpc) is 2.69. The zero-order valence-corrected chi connectivity index (χ0v) is 11.4. The van der Waals surface area contributed by atoms with E-state index in [4.69, 9.17) is 0 Å². The molecule has 7 heteroatoms. The quantitative estimate of drug-likeness (QED) is 0.360. The van der Waals surface area contributed by atoms with Crippen LogP contribution in [0.15, 0.2) is 12.3 Å². The molecule has 0 bridgehead atoms. The van der Waals surface area contributed by atoms with Gasteiger partial charge in [-0.1, -0.05) is 25.8 Å². The summed E-state index contributed by atoms with van der Waals surface area (Å²) in [4.78, 5) is 22.6. The Labute approximate surface area is 117 Å². The number of unbranched alkanes of at least 4 members (excludes halogenated alkanes) is 3. The van der Waals surface area contributed by atoms with Crippen molar-refractivity contribution < 1.29 is 29.6 Å². The molecule has 0 aromatic heterocycles. The smallest absolute Gasteiger partial charge is 0.338 e. The van der Waals surface area contributed by atoms with Gasteiger partial charge in [-0.25, -0.2) is 4.79 Å². The number of rotatable bonds is 7. The summed E-state index contributed by atoms with van der Waals surface area (Å²) in [5.41, 5.74) is 0. The van der Waals surface area contributed by atoms with Crippen LogP contribution in [0.3, 0.4) is 0 Å². The summed E-state index contributed by atoms with van der Waals surface area (Å²) < 4.78 is 4.55. The number of carbonyl (C=O) groups is 2. The topological polar surface area (TPSA) is 116 Å². The lowest BCUT2D eigenvalue weighted by molar-refractivity contribution is -0.153. The van der Waals surface area contributed by atoms with Gasteiger partial charge in [0.05, 0.1) is 0 Å². The number of aliphatic hydroxyl groups is 3. The van der Waals surface area contributed by atoms with Gasteiger partial charge in [-0.3, -0.25) is 4.79 Å². The molecule has 1 aliphatic rings. The molecule has 1 rings (SSSR count). The van der Waals surface area contributed by atoms with E-state index < -0.39 is 36.3 Å². The molecule has 0 saturated carbocycles. The van der Waals surface area contributed by atoms with E-state index in [0.717, 1.165) is 25.7 Å². The van der Waals surface area contributed by atoms with Gasteiger partial charge in [-0.2, -0.15) is 0 Å². The molecule has 0 aliphatic carbocycles. The van der Waals surface area contributed by atoms with Crippen LogP contribution in [-0.4, -0.2) is 51.6 Å². The Morgan fingerprint density at radius 3 is 2.70 bits per heavy atom. The minimum absolute atomic E-state index is 0.803. The number of carbonyl (C=O) groups excluding carboxylic acids is 2. The van der Waals surface area contributed by atoms with Crippen LogP contribution < -0.4 is 5.32 Å². The third-order valence-electron chi connectivity index (χ3n) is 3.05. The predicted molar refractivity (Wildman–Crippen MR) is 69.3 cm³/mol. The van der Waals surface area contributed by atoms with Crippen LogP contribution in [0.4, 0.5) is 0 Å². The number of hydrogen-bond donors (Lipinski definition) is 4. The van der Waals surface area contributed by atoms with Gasteiger partial charge in [-0.05, 0) is 19.0 Å². The van der Waals surface area contributed by atoms with Crippen LogP contribution in [0, 0.1) is 0 Å². The first kappa shape index (κ1) is 16.6. The second-order valence-electron chi connectivity index (χ2n) is 4.69. The molecule has 0 aromatic rings. The molecule has 0 spiro atoms. The highest BCUT2D eigenvalue weighted by molar-refractivity contribution is 5.84. The number of esters is 1. The van der Waals surface area contributed by atoms with E-state index in [1.165, 1.54) is 6.20 Å².